The van der Waals surface area contributed by atoms with Crippen molar-refractivity contribution in [3.8, 4) is 11.5 Å². The van der Waals surface area contributed by atoms with Crippen LogP contribution in [-0.4, -0.2) is 29.2 Å². The number of pyridine rings is 1. The molecule has 0 saturated carbocycles. The maximum atomic E-state index is 5.93. The van der Waals surface area contributed by atoms with Gasteiger partial charge in [-0.25, -0.2) is 4.98 Å². The third kappa shape index (κ3) is 3.08. The molecule has 0 radical (unpaired) electrons. The van der Waals surface area contributed by atoms with Crippen molar-refractivity contribution >= 4 is 22.8 Å². The van der Waals surface area contributed by atoms with Crippen molar-refractivity contribution in [2.45, 2.75) is 6.54 Å². The molecule has 3 N–H and O–H groups in total. The number of hydrogen-bond acceptors (Lipinski definition) is 7. The highest BCUT2D eigenvalue weighted by Crippen LogP contribution is 2.25. The van der Waals surface area contributed by atoms with Crippen LogP contribution in [0.5, 0.6) is 11.5 Å². The minimum atomic E-state index is 0.347. The Morgan fingerprint density at radius 1 is 1.13 bits per heavy atom. The van der Waals surface area contributed by atoms with Crippen LogP contribution in [0.15, 0.2) is 36.5 Å². The van der Waals surface area contributed by atoms with Gasteiger partial charge >= 0.3 is 0 Å². The van der Waals surface area contributed by atoms with Gasteiger partial charge in [-0.05, 0) is 24.3 Å². The quantitative estimate of drug-likeness (QED) is 0.746. The molecule has 0 fully saturated rings. The Bertz CT molecular complexity index is 838. The van der Waals surface area contributed by atoms with Crippen LogP contribution in [0.3, 0.4) is 0 Å². The van der Waals surface area contributed by atoms with E-state index in [-0.39, 0.29) is 0 Å². The van der Waals surface area contributed by atoms with E-state index in [0.29, 0.717) is 29.3 Å². The van der Waals surface area contributed by atoms with Gasteiger partial charge in [-0.1, -0.05) is 0 Å². The zero-order valence-electron chi connectivity index (χ0n) is 12.9. The molecule has 23 heavy (non-hydrogen) atoms. The highest BCUT2D eigenvalue weighted by Gasteiger charge is 2.08. The van der Waals surface area contributed by atoms with E-state index in [9.17, 15) is 0 Å². The lowest BCUT2D eigenvalue weighted by molar-refractivity contribution is 0.391. The predicted molar refractivity (Wildman–Crippen MR) is 88.6 cm³/mol. The third-order valence-electron chi connectivity index (χ3n) is 3.41. The number of ether oxygens (including phenoxy) is 2. The summed E-state index contributed by atoms with van der Waals surface area (Å²) in [5.74, 6) is 2.26. The first-order valence-corrected chi connectivity index (χ1v) is 7.04. The predicted octanol–water partition coefficient (Wildman–Crippen LogP) is 2.24. The second-order valence-corrected chi connectivity index (χ2v) is 4.83. The summed E-state index contributed by atoms with van der Waals surface area (Å²) in [5, 5.41) is 3.16. The van der Waals surface area contributed by atoms with Crippen LogP contribution in [0.25, 0.3) is 11.0 Å². The molecule has 3 aromatic rings. The van der Waals surface area contributed by atoms with Crippen LogP contribution in [0, 0.1) is 0 Å². The van der Waals surface area contributed by atoms with Gasteiger partial charge in [-0.15, -0.1) is 0 Å². The molecule has 0 atom stereocenters. The summed E-state index contributed by atoms with van der Waals surface area (Å²) in [7, 11) is 3.24. The topological polar surface area (TPSA) is 95.2 Å². The second-order valence-electron chi connectivity index (χ2n) is 4.83. The van der Waals surface area contributed by atoms with Crippen LogP contribution in [-0.2, 0) is 6.54 Å². The number of benzene rings is 1. The number of nitrogen functional groups attached to an aromatic ring is 1. The van der Waals surface area contributed by atoms with E-state index >= 15 is 0 Å². The number of hydrogen-bond donors (Lipinski definition) is 2. The third-order valence-corrected chi connectivity index (χ3v) is 3.41. The first kappa shape index (κ1) is 14.8. The zero-order valence-corrected chi connectivity index (χ0v) is 12.9. The van der Waals surface area contributed by atoms with E-state index in [0.717, 1.165) is 17.1 Å². The van der Waals surface area contributed by atoms with E-state index in [1.807, 2.05) is 30.3 Å². The molecular formula is C16H17N5O2. The van der Waals surface area contributed by atoms with Crippen LogP contribution in [0.2, 0.25) is 0 Å². The molecule has 0 bridgehead atoms. The van der Waals surface area contributed by atoms with Gasteiger partial charge in [0.1, 0.15) is 17.0 Å². The number of aromatic nitrogens is 3. The Morgan fingerprint density at radius 2 is 2.00 bits per heavy atom. The SMILES string of the molecule is COc1ccc(CNc2nc(N)c3ncccc3n2)c(OC)c1. The van der Waals surface area contributed by atoms with E-state index in [1.54, 1.807) is 20.4 Å². The normalized spacial score (nSPS) is 10.5. The average molecular weight is 311 g/mol. The number of rotatable bonds is 5. The molecule has 2 aromatic heterocycles. The van der Waals surface area contributed by atoms with E-state index in [2.05, 4.69) is 20.3 Å². The molecule has 3 rings (SSSR count). The summed E-state index contributed by atoms with van der Waals surface area (Å²) in [6.45, 7) is 0.498. The van der Waals surface area contributed by atoms with Gasteiger partial charge in [0.2, 0.25) is 5.95 Å². The van der Waals surface area contributed by atoms with Crippen molar-refractivity contribution in [2.24, 2.45) is 0 Å². The second kappa shape index (κ2) is 6.35. The minimum Gasteiger partial charge on any atom is -0.497 e. The lowest BCUT2D eigenvalue weighted by Gasteiger charge is -2.12. The molecule has 0 amide bonds. The van der Waals surface area contributed by atoms with Gasteiger partial charge in [0.15, 0.2) is 5.82 Å². The maximum absolute atomic E-state index is 5.93. The summed E-state index contributed by atoms with van der Waals surface area (Å²) in [4.78, 5) is 12.8. The molecule has 7 heteroatoms. The average Bonchev–Trinajstić information content (AvgIpc) is 2.60. The summed E-state index contributed by atoms with van der Waals surface area (Å²) >= 11 is 0. The molecule has 118 valence electrons. The molecule has 0 saturated heterocycles. The van der Waals surface area contributed by atoms with Crippen molar-refractivity contribution in [1.82, 2.24) is 15.0 Å². The Hall–Kier alpha value is -3.09. The lowest BCUT2D eigenvalue weighted by atomic mass is 10.2. The highest BCUT2D eigenvalue weighted by molar-refractivity contribution is 5.84. The van der Waals surface area contributed by atoms with Gasteiger partial charge in [-0.2, -0.15) is 4.98 Å². The summed E-state index contributed by atoms with van der Waals surface area (Å²) in [6.07, 6.45) is 1.66. The van der Waals surface area contributed by atoms with Gasteiger partial charge < -0.3 is 20.5 Å². The number of nitrogens with zero attached hydrogens (tertiary/aromatic N) is 3. The summed E-state index contributed by atoms with van der Waals surface area (Å²) < 4.78 is 10.6. The van der Waals surface area contributed by atoms with Crippen molar-refractivity contribution in [2.75, 3.05) is 25.3 Å². The van der Waals surface area contributed by atoms with E-state index < -0.39 is 0 Å². The monoisotopic (exact) mass is 311 g/mol. The summed E-state index contributed by atoms with van der Waals surface area (Å²) in [6, 6.07) is 9.29. The minimum absolute atomic E-state index is 0.347. The Morgan fingerprint density at radius 3 is 2.78 bits per heavy atom. The smallest absolute Gasteiger partial charge is 0.225 e. The molecule has 1 aromatic carbocycles. The molecular weight excluding hydrogens is 294 g/mol. The van der Waals surface area contributed by atoms with Gasteiger partial charge in [-0.3, -0.25) is 4.98 Å². The van der Waals surface area contributed by atoms with Crippen LogP contribution < -0.4 is 20.5 Å². The van der Waals surface area contributed by atoms with Gasteiger partial charge in [0.05, 0.1) is 19.7 Å². The number of fused-ring (bicyclic) bond motifs is 1. The van der Waals surface area contributed by atoms with Crippen molar-refractivity contribution in [3.63, 3.8) is 0 Å². The van der Waals surface area contributed by atoms with E-state index in [4.69, 9.17) is 15.2 Å². The Balaban J connectivity index is 1.83. The number of anilines is 2. The molecule has 2 heterocycles. The molecule has 0 spiro atoms. The standard InChI is InChI=1S/C16H17N5O2/c1-22-11-6-5-10(13(8-11)23-2)9-19-16-20-12-4-3-7-18-14(12)15(17)21-16/h3-8H,9H2,1-2H3,(H3,17,19,20,21). The summed E-state index contributed by atoms with van der Waals surface area (Å²) in [5.41, 5.74) is 8.18. The van der Waals surface area contributed by atoms with Crippen molar-refractivity contribution in [1.29, 1.82) is 0 Å². The van der Waals surface area contributed by atoms with Crippen LogP contribution >= 0.6 is 0 Å². The number of nitrogens with two attached hydrogens (primary N) is 1. The molecule has 0 unspecified atom stereocenters. The Kier molecular flexibility index (Phi) is 4.09. The molecule has 0 aliphatic carbocycles. The first-order valence-electron chi connectivity index (χ1n) is 7.04. The highest BCUT2D eigenvalue weighted by atomic mass is 16.5. The van der Waals surface area contributed by atoms with E-state index in [1.165, 1.54) is 0 Å². The van der Waals surface area contributed by atoms with Crippen LogP contribution in [0.1, 0.15) is 5.56 Å². The fourth-order valence-electron chi connectivity index (χ4n) is 2.24. The molecule has 0 aliphatic rings. The van der Waals surface area contributed by atoms with Crippen LogP contribution in [0.4, 0.5) is 11.8 Å². The first-order chi connectivity index (χ1) is 11.2. The fraction of sp³-hybridized carbons (Fsp3) is 0.188. The van der Waals surface area contributed by atoms with Gasteiger partial charge in [0.25, 0.3) is 0 Å². The molecule has 7 nitrogen and oxygen atoms in total. The van der Waals surface area contributed by atoms with Crippen molar-refractivity contribution < 1.29 is 9.47 Å². The Labute approximate surface area is 133 Å². The largest absolute Gasteiger partial charge is 0.497 e. The fourth-order valence-corrected chi connectivity index (χ4v) is 2.24. The zero-order chi connectivity index (χ0) is 16.2. The maximum Gasteiger partial charge on any atom is 0.225 e. The number of nitrogens with one attached hydrogen (secondary N) is 1. The number of methoxy groups -OCH3 is 2. The molecule has 0 aliphatic heterocycles. The lowest BCUT2D eigenvalue weighted by Crippen LogP contribution is -2.07. The van der Waals surface area contributed by atoms with Crippen molar-refractivity contribution in [3.05, 3.63) is 42.1 Å². The van der Waals surface area contributed by atoms with Gasteiger partial charge in [0, 0.05) is 24.4 Å².